The summed E-state index contributed by atoms with van der Waals surface area (Å²) in [5.41, 5.74) is 4.14. The molecule has 1 N–H and O–H groups in total. The highest BCUT2D eigenvalue weighted by Gasteiger charge is 2.12. The van der Waals surface area contributed by atoms with E-state index in [2.05, 4.69) is 20.3 Å². The summed E-state index contributed by atoms with van der Waals surface area (Å²) in [6, 6.07) is 6.23. The molecule has 8 heteroatoms. The third kappa shape index (κ3) is 4.90. The van der Waals surface area contributed by atoms with Crippen molar-refractivity contribution >= 4 is 34.1 Å². The van der Waals surface area contributed by atoms with Gasteiger partial charge in [-0.05, 0) is 44.2 Å². The fraction of sp³-hybridized carbons (Fsp3) is 0.263. The van der Waals surface area contributed by atoms with Crippen molar-refractivity contribution in [3.05, 3.63) is 52.4 Å². The molecule has 2 heterocycles. The molecule has 3 aromatic rings. The van der Waals surface area contributed by atoms with E-state index in [9.17, 15) is 9.18 Å². The van der Waals surface area contributed by atoms with Crippen molar-refractivity contribution in [1.82, 2.24) is 15.0 Å². The second-order valence-electron chi connectivity index (χ2n) is 5.96. The average Bonchev–Trinajstić information content (AvgIpc) is 3.09. The first-order valence-corrected chi connectivity index (χ1v) is 10.5. The summed E-state index contributed by atoms with van der Waals surface area (Å²) < 4.78 is 13.3. The Morgan fingerprint density at radius 2 is 1.96 bits per heavy atom. The summed E-state index contributed by atoms with van der Waals surface area (Å²) >= 11 is 2.82. The minimum atomic E-state index is -0.313. The molecule has 0 saturated carbocycles. The summed E-state index contributed by atoms with van der Waals surface area (Å²) in [6.45, 7) is 3.88. The number of benzene rings is 1. The number of nitrogens with zero attached hydrogens (tertiary/aromatic N) is 3. The summed E-state index contributed by atoms with van der Waals surface area (Å²) in [7, 11) is 0. The lowest BCUT2D eigenvalue weighted by atomic mass is 10.1. The first kappa shape index (κ1) is 19.4. The number of hydrogen-bond acceptors (Lipinski definition) is 6. The molecule has 0 aliphatic carbocycles. The van der Waals surface area contributed by atoms with E-state index < -0.39 is 0 Å². The summed E-state index contributed by atoms with van der Waals surface area (Å²) in [6.07, 6.45) is 2.83. The van der Waals surface area contributed by atoms with Crippen molar-refractivity contribution in [2.75, 3.05) is 11.6 Å². The Morgan fingerprint density at radius 1 is 1.22 bits per heavy atom. The Morgan fingerprint density at radius 3 is 2.63 bits per heavy atom. The summed E-state index contributed by atoms with van der Waals surface area (Å²) in [5, 5.41) is 5.85. The van der Waals surface area contributed by atoms with Gasteiger partial charge < -0.3 is 5.32 Å². The molecule has 1 aromatic carbocycles. The van der Waals surface area contributed by atoms with Gasteiger partial charge in [-0.1, -0.05) is 23.9 Å². The molecule has 3 rings (SSSR count). The summed E-state index contributed by atoms with van der Waals surface area (Å²) in [4.78, 5) is 25.5. The van der Waals surface area contributed by atoms with Gasteiger partial charge in [-0.25, -0.2) is 19.3 Å². The molecule has 1 amide bonds. The van der Waals surface area contributed by atoms with Crippen LogP contribution >= 0.6 is 23.1 Å². The number of carbonyl (C=O) groups is 1. The lowest BCUT2D eigenvalue weighted by molar-refractivity contribution is -0.116. The van der Waals surface area contributed by atoms with Crippen LogP contribution in [-0.2, 0) is 11.2 Å². The molecule has 140 valence electrons. The van der Waals surface area contributed by atoms with E-state index in [1.54, 1.807) is 17.5 Å². The van der Waals surface area contributed by atoms with Gasteiger partial charge in [-0.15, -0.1) is 11.3 Å². The number of aryl methyl sites for hydroxylation is 2. The third-order valence-corrected chi connectivity index (χ3v) is 5.36. The molecule has 27 heavy (non-hydrogen) atoms. The number of thioether (sulfide) groups is 1. The maximum absolute atomic E-state index is 13.3. The zero-order chi connectivity index (χ0) is 19.4. The van der Waals surface area contributed by atoms with Crippen LogP contribution in [-0.4, -0.2) is 27.1 Å². The largest absolute Gasteiger partial charge is 0.302 e. The first-order valence-electron chi connectivity index (χ1n) is 8.35. The standard InChI is InChI=1S/C19H19FN4OS2/c1-11-15(12(2)22-18(21-11)26-3)7-8-17(25)24-19-23-16(10-27-19)13-5-4-6-14(20)9-13/h4-6,9-10H,7-8H2,1-3H3,(H,23,24,25). The van der Waals surface area contributed by atoms with Gasteiger partial charge in [0.1, 0.15) is 5.82 Å². The molecule has 0 atom stereocenters. The molecule has 0 saturated heterocycles. The minimum Gasteiger partial charge on any atom is -0.302 e. The lowest BCUT2D eigenvalue weighted by Gasteiger charge is -2.09. The van der Waals surface area contributed by atoms with Crippen molar-refractivity contribution in [1.29, 1.82) is 0 Å². The van der Waals surface area contributed by atoms with Crippen LogP contribution in [0.3, 0.4) is 0 Å². The number of nitrogens with one attached hydrogen (secondary N) is 1. The maximum Gasteiger partial charge on any atom is 0.226 e. The van der Waals surface area contributed by atoms with E-state index in [4.69, 9.17) is 0 Å². The minimum absolute atomic E-state index is 0.122. The molecule has 0 unspecified atom stereocenters. The van der Waals surface area contributed by atoms with E-state index in [0.717, 1.165) is 22.1 Å². The fourth-order valence-electron chi connectivity index (χ4n) is 2.69. The van der Waals surface area contributed by atoms with Crippen LogP contribution in [0.25, 0.3) is 11.3 Å². The zero-order valence-corrected chi connectivity index (χ0v) is 16.9. The summed E-state index contributed by atoms with van der Waals surface area (Å²) in [5.74, 6) is -0.436. The SMILES string of the molecule is CSc1nc(C)c(CCC(=O)Nc2nc(-c3cccc(F)c3)cs2)c(C)n1. The molecule has 0 fully saturated rings. The molecule has 0 spiro atoms. The Bertz CT molecular complexity index is 951. The van der Waals surface area contributed by atoms with Gasteiger partial charge in [-0.3, -0.25) is 4.79 Å². The number of rotatable bonds is 6. The average molecular weight is 403 g/mol. The molecule has 0 bridgehead atoms. The number of halogens is 1. The fourth-order valence-corrected chi connectivity index (χ4v) is 3.89. The molecule has 0 aliphatic rings. The van der Waals surface area contributed by atoms with E-state index in [1.165, 1.54) is 35.2 Å². The number of carbonyl (C=O) groups excluding carboxylic acids is 1. The van der Waals surface area contributed by atoms with Crippen LogP contribution in [0.15, 0.2) is 34.8 Å². The molecular weight excluding hydrogens is 383 g/mol. The van der Waals surface area contributed by atoms with Crippen LogP contribution in [0.4, 0.5) is 9.52 Å². The molecule has 0 aliphatic heterocycles. The van der Waals surface area contributed by atoms with Crippen LogP contribution in [0.2, 0.25) is 0 Å². The predicted molar refractivity (Wildman–Crippen MR) is 108 cm³/mol. The second kappa shape index (κ2) is 8.58. The Kier molecular flexibility index (Phi) is 6.18. The van der Waals surface area contributed by atoms with Gasteiger partial charge in [0.05, 0.1) is 5.69 Å². The number of thiazole rings is 1. The van der Waals surface area contributed by atoms with E-state index in [-0.39, 0.29) is 11.7 Å². The van der Waals surface area contributed by atoms with Crippen molar-refractivity contribution in [3.63, 3.8) is 0 Å². The van der Waals surface area contributed by atoms with E-state index >= 15 is 0 Å². The lowest BCUT2D eigenvalue weighted by Crippen LogP contribution is -2.13. The molecule has 0 radical (unpaired) electrons. The Hall–Kier alpha value is -2.32. The highest BCUT2D eigenvalue weighted by molar-refractivity contribution is 7.98. The van der Waals surface area contributed by atoms with Crippen molar-refractivity contribution in [2.45, 2.75) is 31.8 Å². The van der Waals surface area contributed by atoms with Gasteiger partial charge >= 0.3 is 0 Å². The van der Waals surface area contributed by atoms with E-state index in [0.29, 0.717) is 29.2 Å². The van der Waals surface area contributed by atoms with Crippen molar-refractivity contribution < 1.29 is 9.18 Å². The topological polar surface area (TPSA) is 67.8 Å². The monoisotopic (exact) mass is 402 g/mol. The predicted octanol–water partition coefficient (Wildman–Crippen LogP) is 4.65. The normalized spacial score (nSPS) is 10.8. The highest BCUT2D eigenvalue weighted by Crippen LogP contribution is 2.25. The van der Waals surface area contributed by atoms with Crippen molar-refractivity contribution in [3.8, 4) is 11.3 Å². The quantitative estimate of drug-likeness (QED) is 0.480. The number of anilines is 1. The van der Waals surface area contributed by atoms with E-state index in [1.807, 2.05) is 20.1 Å². The third-order valence-electron chi connectivity index (χ3n) is 4.06. The molecular formula is C19H19FN4OS2. The molecule has 5 nitrogen and oxygen atoms in total. The number of aromatic nitrogens is 3. The number of hydrogen-bond donors (Lipinski definition) is 1. The first-order chi connectivity index (χ1) is 13.0. The molecule has 2 aromatic heterocycles. The van der Waals surface area contributed by atoms with Gasteiger partial charge in [0.15, 0.2) is 10.3 Å². The zero-order valence-electron chi connectivity index (χ0n) is 15.2. The van der Waals surface area contributed by atoms with Crippen molar-refractivity contribution in [2.24, 2.45) is 0 Å². The second-order valence-corrected chi connectivity index (χ2v) is 7.59. The van der Waals surface area contributed by atoms with Crippen LogP contribution in [0.1, 0.15) is 23.4 Å². The van der Waals surface area contributed by atoms with Gasteiger partial charge in [-0.2, -0.15) is 0 Å². The Labute approximate surface area is 165 Å². The number of amides is 1. The van der Waals surface area contributed by atoms with Crippen LogP contribution < -0.4 is 5.32 Å². The Balaban J connectivity index is 1.62. The highest BCUT2D eigenvalue weighted by atomic mass is 32.2. The van der Waals surface area contributed by atoms with Gasteiger partial charge in [0, 0.05) is 28.8 Å². The maximum atomic E-state index is 13.3. The van der Waals surface area contributed by atoms with Crippen LogP contribution in [0.5, 0.6) is 0 Å². The van der Waals surface area contributed by atoms with Crippen LogP contribution in [0, 0.1) is 19.7 Å². The van der Waals surface area contributed by atoms with Gasteiger partial charge in [0.25, 0.3) is 0 Å². The van der Waals surface area contributed by atoms with Gasteiger partial charge in [0.2, 0.25) is 5.91 Å². The smallest absolute Gasteiger partial charge is 0.226 e.